The van der Waals surface area contributed by atoms with Crippen molar-refractivity contribution in [3.8, 4) is 11.5 Å². The molecular weight excluding hydrogens is 358 g/mol. The topological polar surface area (TPSA) is 31.4 Å². The first-order valence-corrected chi connectivity index (χ1v) is 10.5. The molecule has 0 spiro atoms. The molecule has 1 heterocycles. The van der Waals surface area contributed by atoms with Gasteiger partial charge in [0.2, 0.25) is 0 Å². The van der Waals surface area contributed by atoms with Gasteiger partial charge in [-0.3, -0.25) is 4.98 Å². The van der Waals surface area contributed by atoms with Gasteiger partial charge in [-0.25, -0.2) is 0 Å². The SMILES string of the molecule is COc1ccc([C@H](Cc2ccnc(C)c2)c2ccccc2)cc1OC1CCCC1. The van der Waals surface area contributed by atoms with E-state index in [-0.39, 0.29) is 5.92 Å². The van der Waals surface area contributed by atoms with Crippen molar-refractivity contribution in [2.75, 3.05) is 7.11 Å². The van der Waals surface area contributed by atoms with Gasteiger partial charge in [-0.05, 0) is 80.0 Å². The minimum Gasteiger partial charge on any atom is -0.493 e. The van der Waals surface area contributed by atoms with Gasteiger partial charge in [0, 0.05) is 17.8 Å². The number of benzene rings is 2. The summed E-state index contributed by atoms with van der Waals surface area (Å²) in [7, 11) is 1.71. The summed E-state index contributed by atoms with van der Waals surface area (Å²) in [5, 5.41) is 0. The highest BCUT2D eigenvalue weighted by Gasteiger charge is 2.21. The minimum absolute atomic E-state index is 0.245. The highest BCUT2D eigenvalue weighted by molar-refractivity contribution is 5.47. The van der Waals surface area contributed by atoms with Crippen molar-refractivity contribution in [3.63, 3.8) is 0 Å². The van der Waals surface area contributed by atoms with E-state index >= 15 is 0 Å². The molecule has 0 bridgehead atoms. The van der Waals surface area contributed by atoms with Crippen LogP contribution in [-0.2, 0) is 6.42 Å². The predicted octanol–water partition coefficient (Wildman–Crippen LogP) is 6.09. The summed E-state index contributed by atoms with van der Waals surface area (Å²) in [5.41, 5.74) is 4.90. The van der Waals surface area contributed by atoms with Crippen LogP contribution in [0.3, 0.4) is 0 Å². The Bertz CT molecular complexity index is 932. The van der Waals surface area contributed by atoms with Gasteiger partial charge < -0.3 is 9.47 Å². The second kappa shape index (κ2) is 9.13. The second-order valence-electron chi connectivity index (χ2n) is 7.91. The fourth-order valence-electron chi connectivity index (χ4n) is 4.27. The van der Waals surface area contributed by atoms with Crippen LogP contribution in [0.5, 0.6) is 11.5 Å². The number of aromatic nitrogens is 1. The number of rotatable bonds is 7. The van der Waals surface area contributed by atoms with Crippen molar-refractivity contribution >= 4 is 0 Å². The first kappa shape index (κ1) is 19.5. The van der Waals surface area contributed by atoms with E-state index in [2.05, 4.69) is 59.6 Å². The van der Waals surface area contributed by atoms with Crippen molar-refractivity contribution in [1.29, 1.82) is 0 Å². The first-order valence-electron chi connectivity index (χ1n) is 10.5. The van der Waals surface area contributed by atoms with E-state index in [0.717, 1.165) is 36.5 Å². The lowest BCUT2D eigenvalue weighted by Gasteiger charge is -2.22. The zero-order valence-electron chi connectivity index (χ0n) is 17.3. The summed E-state index contributed by atoms with van der Waals surface area (Å²) < 4.78 is 12.0. The molecule has 0 radical (unpaired) electrons. The number of hydrogen-bond donors (Lipinski definition) is 0. The van der Waals surface area contributed by atoms with Crippen molar-refractivity contribution in [1.82, 2.24) is 4.98 Å². The molecule has 0 amide bonds. The van der Waals surface area contributed by atoms with E-state index in [0.29, 0.717) is 6.10 Å². The third kappa shape index (κ3) is 4.79. The average molecular weight is 388 g/mol. The van der Waals surface area contributed by atoms with E-state index in [1.807, 2.05) is 19.2 Å². The molecule has 0 unspecified atom stereocenters. The van der Waals surface area contributed by atoms with Crippen LogP contribution in [-0.4, -0.2) is 18.2 Å². The number of hydrogen-bond acceptors (Lipinski definition) is 3. The van der Waals surface area contributed by atoms with Gasteiger partial charge in [0.05, 0.1) is 13.2 Å². The molecular formula is C26H29NO2. The van der Waals surface area contributed by atoms with Gasteiger partial charge in [-0.1, -0.05) is 36.4 Å². The maximum absolute atomic E-state index is 6.36. The molecule has 1 saturated carbocycles. The van der Waals surface area contributed by atoms with Crippen LogP contribution in [0.4, 0.5) is 0 Å². The standard InChI is InChI=1S/C26H29NO2/c1-19-16-20(14-15-27-19)17-24(21-8-4-3-5-9-21)22-12-13-25(28-2)26(18-22)29-23-10-6-7-11-23/h3-5,8-9,12-16,18,23-24H,6-7,10-11,17H2,1-2H3/t24-/m1/s1. The van der Waals surface area contributed by atoms with E-state index in [1.165, 1.54) is 29.5 Å². The van der Waals surface area contributed by atoms with Crippen molar-refractivity contribution in [2.24, 2.45) is 0 Å². The lowest BCUT2D eigenvalue weighted by atomic mass is 9.86. The molecule has 1 aromatic heterocycles. The lowest BCUT2D eigenvalue weighted by molar-refractivity contribution is 0.200. The number of methoxy groups -OCH3 is 1. The summed E-state index contributed by atoms with van der Waals surface area (Å²) in [6, 6.07) is 21.4. The molecule has 1 aliphatic carbocycles. The average Bonchev–Trinajstić information content (AvgIpc) is 3.26. The van der Waals surface area contributed by atoms with E-state index < -0.39 is 0 Å². The van der Waals surface area contributed by atoms with Crippen LogP contribution >= 0.6 is 0 Å². The van der Waals surface area contributed by atoms with Crippen LogP contribution in [0, 0.1) is 6.92 Å². The van der Waals surface area contributed by atoms with Crippen LogP contribution < -0.4 is 9.47 Å². The Morgan fingerprint density at radius 3 is 2.45 bits per heavy atom. The highest BCUT2D eigenvalue weighted by atomic mass is 16.5. The van der Waals surface area contributed by atoms with E-state index in [1.54, 1.807) is 7.11 Å². The van der Waals surface area contributed by atoms with Crippen LogP contribution in [0.25, 0.3) is 0 Å². The summed E-state index contributed by atoms with van der Waals surface area (Å²) >= 11 is 0. The third-order valence-corrected chi connectivity index (χ3v) is 5.79. The zero-order chi connectivity index (χ0) is 20.1. The number of nitrogens with zero attached hydrogens (tertiary/aromatic N) is 1. The quantitative estimate of drug-likeness (QED) is 0.491. The fourth-order valence-corrected chi connectivity index (χ4v) is 4.27. The first-order chi connectivity index (χ1) is 14.2. The second-order valence-corrected chi connectivity index (χ2v) is 7.91. The molecule has 1 aliphatic rings. The minimum atomic E-state index is 0.245. The van der Waals surface area contributed by atoms with Crippen LogP contribution in [0.15, 0.2) is 66.9 Å². The molecule has 3 nitrogen and oxygen atoms in total. The van der Waals surface area contributed by atoms with Crippen LogP contribution in [0.2, 0.25) is 0 Å². The lowest BCUT2D eigenvalue weighted by Crippen LogP contribution is -2.12. The zero-order valence-corrected chi connectivity index (χ0v) is 17.3. The molecule has 2 aromatic carbocycles. The summed E-state index contributed by atoms with van der Waals surface area (Å²) in [4.78, 5) is 4.35. The highest BCUT2D eigenvalue weighted by Crippen LogP contribution is 2.37. The van der Waals surface area contributed by atoms with Crippen LogP contribution in [0.1, 0.15) is 54.0 Å². The largest absolute Gasteiger partial charge is 0.493 e. The Kier molecular flexibility index (Phi) is 6.14. The van der Waals surface area contributed by atoms with Gasteiger partial charge in [-0.15, -0.1) is 0 Å². The van der Waals surface area contributed by atoms with Gasteiger partial charge >= 0.3 is 0 Å². The molecule has 0 N–H and O–H groups in total. The van der Waals surface area contributed by atoms with E-state index in [4.69, 9.17) is 9.47 Å². The Hall–Kier alpha value is -2.81. The van der Waals surface area contributed by atoms with Crippen molar-refractivity contribution in [3.05, 3.63) is 89.2 Å². The Labute approximate surface area is 173 Å². The molecule has 1 atom stereocenters. The number of pyridine rings is 1. The maximum atomic E-state index is 6.36. The van der Waals surface area contributed by atoms with E-state index in [9.17, 15) is 0 Å². The fraction of sp³-hybridized carbons (Fsp3) is 0.346. The molecule has 29 heavy (non-hydrogen) atoms. The molecule has 3 heteroatoms. The Morgan fingerprint density at radius 1 is 0.931 bits per heavy atom. The van der Waals surface area contributed by atoms with Gasteiger partial charge in [-0.2, -0.15) is 0 Å². The molecule has 150 valence electrons. The van der Waals surface area contributed by atoms with Crippen molar-refractivity contribution < 1.29 is 9.47 Å². The smallest absolute Gasteiger partial charge is 0.161 e. The summed E-state index contributed by atoms with van der Waals surface area (Å²) in [5.74, 6) is 1.92. The Morgan fingerprint density at radius 2 is 1.72 bits per heavy atom. The Balaban J connectivity index is 1.69. The van der Waals surface area contributed by atoms with Gasteiger partial charge in [0.1, 0.15) is 0 Å². The summed E-state index contributed by atoms with van der Waals surface area (Å²) in [6.07, 6.45) is 7.88. The molecule has 0 saturated heterocycles. The van der Waals surface area contributed by atoms with Gasteiger partial charge in [0.15, 0.2) is 11.5 Å². The molecule has 3 aromatic rings. The number of ether oxygens (including phenoxy) is 2. The molecule has 0 aliphatic heterocycles. The number of aryl methyl sites for hydroxylation is 1. The molecule has 4 rings (SSSR count). The van der Waals surface area contributed by atoms with Crippen molar-refractivity contribution in [2.45, 2.75) is 51.0 Å². The normalized spacial score (nSPS) is 15.2. The van der Waals surface area contributed by atoms with Gasteiger partial charge in [0.25, 0.3) is 0 Å². The molecule has 1 fully saturated rings. The monoisotopic (exact) mass is 387 g/mol. The summed E-state index contributed by atoms with van der Waals surface area (Å²) in [6.45, 7) is 2.04. The third-order valence-electron chi connectivity index (χ3n) is 5.79. The predicted molar refractivity (Wildman–Crippen MR) is 117 cm³/mol. The maximum Gasteiger partial charge on any atom is 0.161 e.